The molecule has 0 saturated carbocycles. The van der Waals surface area contributed by atoms with Gasteiger partial charge in [-0.1, -0.05) is 36.4 Å². The zero-order valence-corrected chi connectivity index (χ0v) is 19.7. The molecule has 0 unspecified atom stereocenters. The van der Waals surface area contributed by atoms with Crippen molar-refractivity contribution in [3.05, 3.63) is 122 Å². The van der Waals surface area contributed by atoms with Crippen LogP contribution in [0, 0.1) is 12.3 Å². The Morgan fingerprint density at radius 3 is 1.49 bits per heavy atom. The number of azo groups is 2. The van der Waals surface area contributed by atoms with Crippen molar-refractivity contribution in [3.8, 4) is 22.6 Å². The average Bonchev–Trinajstić information content (AvgIpc) is 3.49. The van der Waals surface area contributed by atoms with E-state index in [0.717, 1.165) is 22.5 Å². The number of allylic oxidation sites excluding steroid dienone is 2. The number of ether oxygens (including phenoxy) is 1. The molecule has 0 aliphatic heterocycles. The van der Waals surface area contributed by atoms with Crippen molar-refractivity contribution in [3.63, 3.8) is 0 Å². The molecule has 0 heterocycles. The third kappa shape index (κ3) is 6.41. The molecule has 0 atom stereocenters. The van der Waals surface area contributed by atoms with Crippen LogP contribution in [0.3, 0.4) is 0 Å². The minimum Gasteiger partial charge on any atom is -0.508 e. The molecule has 7 nitrogen and oxygen atoms in total. The summed E-state index contributed by atoms with van der Waals surface area (Å²) in [5, 5.41) is 26.3. The summed E-state index contributed by atoms with van der Waals surface area (Å²) in [6, 6.07) is 29.0. The Bertz CT molecular complexity index is 1430. The van der Waals surface area contributed by atoms with E-state index in [0.29, 0.717) is 29.5 Å². The van der Waals surface area contributed by atoms with Gasteiger partial charge in [0.05, 0.1) is 28.7 Å². The van der Waals surface area contributed by atoms with E-state index in [2.05, 4.69) is 20.5 Å². The number of esters is 1. The molecular weight excluding hydrogens is 464 g/mol. The first-order chi connectivity index (χ1) is 18.1. The first kappa shape index (κ1) is 23.8. The third-order valence-corrected chi connectivity index (χ3v) is 5.56. The summed E-state index contributed by atoms with van der Waals surface area (Å²) >= 11 is 0. The van der Waals surface area contributed by atoms with Gasteiger partial charge in [-0.2, -0.15) is 20.5 Å². The number of benzene rings is 4. The molecule has 0 spiro atoms. The van der Waals surface area contributed by atoms with Gasteiger partial charge in [0, 0.05) is 6.42 Å². The van der Waals surface area contributed by atoms with Crippen molar-refractivity contribution in [2.75, 3.05) is 0 Å². The van der Waals surface area contributed by atoms with Crippen molar-refractivity contribution in [2.24, 2.45) is 20.5 Å². The van der Waals surface area contributed by atoms with Crippen LogP contribution < -0.4 is 4.74 Å². The lowest BCUT2D eigenvalue weighted by atomic mass is 10.1. The van der Waals surface area contributed by atoms with Crippen LogP contribution in [0.1, 0.15) is 6.42 Å². The second-order valence-corrected chi connectivity index (χ2v) is 8.22. The summed E-state index contributed by atoms with van der Waals surface area (Å²) in [5.41, 5.74) is 4.86. The molecular formula is C30H22N4O3. The van der Waals surface area contributed by atoms with Crippen LogP contribution in [0.2, 0.25) is 0 Å². The lowest BCUT2D eigenvalue weighted by molar-refractivity contribution is -0.131. The number of hydrogen-bond donors (Lipinski definition) is 1. The number of rotatable bonds is 7. The second-order valence-electron chi connectivity index (χ2n) is 8.22. The molecule has 1 aliphatic carbocycles. The lowest BCUT2D eigenvalue weighted by Gasteiger charge is -2.08. The van der Waals surface area contributed by atoms with Crippen LogP contribution in [0.25, 0.3) is 11.1 Å². The summed E-state index contributed by atoms with van der Waals surface area (Å²) < 4.78 is 5.38. The van der Waals surface area contributed by atoms with Gasteiger partial charge in [0.1, 0.15) is 11.5 Å². The SMILES string of the molecule is O=C(Oc1ccc(N=Nc2ccc(-c3ccc(N=Nc4ccc(O)cc4)cc3)cc2)cc1)[C]1[CH]C=CC1. The summed E-state index contributed by atoms with van der Waals surface area (Å²) in [5.74, 6) is 0.959. The number of phenols is 1. The molecule has 1 aliphatic rings. The first-order valence-electron chi connectivity index (χ1n) is 11.6. The van der Waals surface area contributed by atoms with Crippen LogP contribution in [0.4, 0.5) is 22.7 Å². The van der Waals surface area contributed by atoms with Crippen LogP contribution >= 0.6 is 0 Å². The molecule has 0 bridgehead atoms. The van der Waals surface area contributed by atoms with E-state index in [1.165, 1.54) is 0 Å². The van der Waals surface area contributed by atoms with Crippen molar-refractivity contribution in [2.45, 2.75) is 6.42 Å². The van der Waals surface area contributed by atoms with Gasteiger partial charge in [0.2, 0.25) is 0 Å². The Kier molecular flexibility index (Phi) is 7.22. The highest BCUT2D eigenvalue weighted by atomic mass is 16.5. The predicted octanol–water partition coefficient (Wildman–Crippen LogP) is 8.53. The Morgan fingerprint density at radius 2 is 1.05 bits per heavy atom. The largest absolute Gasteiger partial charge is 0.508 e. The van der Waals surface area contributed by atoms with Crippen molar-refractivity contribution >= 4 is 28.7 Å². The van der Waals surface area contributed by atoms with Crippen LogP contribution in [-0.2, 0) is 4.79 Å². The minimum absolute atomic E-state index is 0.194. The van der Waals surface area contributed by atoms with E-state index < -0.39 is 0 Å². The van der Waals surface area contributed by atoms with E-state index in [1.807, 2.05) is 60.7 Å². The van der Waals surface area contributed by atoms with Crippen molar-refractivity contribution < 1.29 is 14.6 Å². The molecule has 180 valence electrons. The number of carbonyl (C=O) groups is 1. The van der Waals surface area contributed by atoms with E-state index in [9.17, 15) is 9.90 Å². The predicted molar refractivity (Wildman–Crippen MR) is 142 cm³/mol. The summed E-state index contributed by atoms with van der Waals surface area (Å²) in [4.78, 5) is 12.1. The molecule has 37 heavy (non-hydrogen) atoms. The summed E-state index contributed by atoms with van der Waals surface area (Å²) in [7, 11) is 0. The van der Waals surface area contributed by atoms with E-state index in [4.69, 9.17) is 4.74 Å². The van der Waals surface area contributed by atoms with Crippen molar-refractivity contribution in [1.82, 2.24) is 0 Å². The maximum Gasteiger partial charge on any atom is 0.319 e. The Hall–Kier alpha value is -4.91. The fourth-order valence-corrected chi connectivity index (χ4v) is 3.54. The van der Waals surface area contributed by atoms with Gasteiger partial charge in [-0.15, -0.1) is 0 Å². The maximum absolute atomic E-state index is 12.1. The zero-order chi connectivity index (χ0) is 25.5. The van der Waals surface area contributed by atoms with Crippen molar-refractivity contribution in [1.29, 1.82) is 0 Å². The normalized spacial score (nSPS) is 13.5. The minimum atomic E-state index is -0.340. The lowest BCUT2D eigenvalue weighted by Crippen LogP contribution is -2.16. The fraction of sp³-hybridized carbons (Fsp3) is 0.0333. The average molecular weight is 487 g/mol. The second kappa shape index (κ2) is 11.2. The standard InChI is InChI=1S/C30H22N4O3/c35-28-17-13-26(14-18-28)33-31-24-9-5-21(6-10-24)22-7-11-25(12-8-22)32-34-27-15-19-29(20-16-27)37-30(36)23-3-1-2-4-23/h1-3,5-20,35H,4H2. The molecule has 0 aromatic heterocycles. The maximum atomic E-state index is 12.1. The van der Waals surface area contributed by atoms with E-state index in [-0.39, 0.29) is 11.7 Å². The molecule has 0 saturated heterocycles. The molecule has 0 amide bonds. The topological polar surface area (TPSA) is 96.0 Å². The van der Waals surface area contributed by atoms with E-state index >= 15 is 0 Å². The van der Waals surface area contributed by atoms with Crippen LogP contribution in [0.15, 0.2) is 130 Å². The Morgan fingerprint density at radius 1 is 0.622 bits per heavy atom. The first-order valence-corrected chi connectivity index (χ1v) is 11.6. The van der Waals surface area contributed by atoms with Gasteiger partial charge >= 0.3 is 5.97 Å². The highest BCUT2D eigenvalue weighted by Gasteiger charge is 2.22. The number of carbonyl (C=O) groups excluding carboxylic acids is 1. The zero-order valence-electron chi connectivity index (χ0n) is 19.7. The summed E-state index contributed by atoms with van der Waals surface area (Å²) in [6.07, 6.45) is 6.12. The Labute approximate surface area is 214 Å². The molecule has 7 heteroatoms. The smallest absolute Gasteiger partial charge is 0.319 e. The van der Waals surface area contributed by atoms with Crippen LogP contribution in [0.5, 0.6) is 11.5 Å². The van der Waals surface area contributed by atoms with Crippen LogP contribution in [-0.4, -0.2) is 11.1 Å². The molecule has 0 fully saturated rings. The number of nitrogens with zero attached hydrogens (tertiary/aromatic N) is 4. The quantitative estimate of drug-likeness (QED) is 0.161. The van der Waals surface area contributed by atoms with Gasteiger partial charge < -0.3 is 9.84 Å². The van der Waals surface area contributed by atoms with Gasteiger partial charge in [0.25, 0.3) is 0 Å². The summed E-state index contributed by atoms with van der Waals surface area (Å²) in [6.45, 7) is 0. The van der Waals surface area contributed by atoms with Gasteiger partial charge in [-0.05, 0) is 90.3 Å². The van der Waals surface area contributed by atoms with Gasteiger partial charge in [0.15, 0.2) is 0 Å². The number of aromatic hydroxyl groups is 1. The highest BCUT2D eigenvalue weighted by Crippen LogP contribution is 2.28. The van der Waals surface area contributed by atoms with Gasteiger partial charge in [-0.25, -0.2) is 0 Å². The molecule has 5 rings (SSSR count). The third-order valence-electron chi connectivity index (χ3n) is 5.56. The number of phenolic OH excluding ortho intramolecular Hbond substituents is 1. The number of hydrogen-bond acceptors (Lipinski definition) is 7. The van der Waals surface area contributed by atoms with Gasteiger partial charge in [-0.3, -0.25) is 4.79 Å². The highest BCUT2D eigenvalue weighted by molar-refractivity contribution is 5.90. The molecule has 2 radical (unpaired) electrons. The fourth-order valence-electron chi connectivity index (χ4n) is 3.54. The Balaban J connectivity index is 1.17. The molecule has 1 N–H and O–H groups in total. The molecule has 4 aromatic rings. The van der Waals surface area contributed by atoms with E-state index in [1.54, 1.807) is 55.0 Å². The molecule has 4 aromatic carbocycles. The monoisotopic (exact) mass is 486 g/mol.